The average Bonchev–Trinajstić information content (AvgIpc) is 3.19. The molecule has 0 aromatic carbocycles. The molecule has 0 spiro atoms. The van der Waals surface area contributed by atoms with Gasteiger partial charge in [0.2, 0.25) is 5.91 Å². The summed E-state index contributed by atoms with van der Waals surface area (Å²) in [4.78, 5) is 30.9. The highest BCUT2D eigenvalue weighted by Crippen LogP contribution is 2.35. The molecular formula is C18H22N4O2. The van der Waals surface area contributed by atoms with Crippen LogP contribution >= 0.6 is 0 Å². The molecule has 3 heterocycles. The Morgan fingerprint density at radius 1 is 1.29 bits per heavy atom. The molecule has 6 heteroatoms. The van der Waals surface area contributed by atoms with E-state index in [1.807, 2.05) is 23.2 Å². The van der Waals surface area contributed by atoms with Crippen LogP contribution in [0.5, 0.6) is 0 Å². The van der Waals surface area contributed by atoms with Crippen LogP contribution in [0.1, 0.15) is 48.1 Å². The van der Waals surface area contributed by atoms with Gasteiger partial charge in [0.15, 0.2) is 5.78 Å². The van der Waals surface area contributed by atoms with Crippen LogP contribution in [0.4, 0.5) is 0 Å². The molecule has 0 aliphatic carbocycles. The number of amides is 1. The Morgan fingerprint density at radius 3 is 2.79 bits per heavy atom. The maximum Gasteiger partial charge on any atom is 0.223 e. The van der Waals surface area contributed by atoms with E-state index < -0.39 is 0 Å². The molecule has 126 valence electrons. The van der Waals surface area contributed by atoms with E-state index >= 15 is 0 Å². The van der Waals surface area contributed by atoms with E-state index in [1.165, 1.54) is 0 Å². The minimum Gasteiger partial charge on any atom is -0.335 e. The van der Waals surface area contributed by atoms with Crippen molar-refractivity contribution < 1.29 is 9.59 Å². The summed E-state index contributed by atoms with van der Waals surface area (Å²) in [5.74, 6) is 0.445. The van der Waals surface area contributed by atoms with Gasteiger partial charge in [-0.15, -0.1) is 0 Å². The van der Waals surface area contributed by atoms with Crippen LogP contribution < -0.4 is 0 Å². The Balaban J connectivity index is 1.64. The topological polar surface area (TPSA) is 68.1 Å². The number of aromatic nitrogens is 3. The van der Waals surface area contributed by atoms with Gasteiger partial charge in [0, 0.05) is 45.0 Å². The van der Waals surface area contributed by atoms with Gasteiger partial charge in [-0.2, -0.15) is 5.10 Å². The lowest BCUT2D eigenvalue weighted by atomic mass is 10.0. The van der Waals surface area contributed by atoms with Crippen LogP contribution in [0.3, 0.4) is 0 Å². The second-order valence-electron chi connectivity index (χ2n) is 6.51. The third-order valence-electron chi connectivity index (χ3n) is 4.49. The number of aryl methyl sites for hydroxylation is 1. The molecule has 0 bridgehead atoms. The van der Waals surface area contributed by atoms with Gasteiger partial charge in [-0.1, -0.05) is 13.0 Å². The predicted molar refractivity (Wildman–Crippen MR) is 89.2 cm³/mol. The lowest BCUT2D eigenvalue weighted by Crippen LogP contribution is -2.31. The Bertz CT molecular complexity index is 726. The number of Topliss-reactive ketones (excluding diaryl/α,β-unsaturated/α-hetero) is 1. The van der Waals surface area contributed by atoms with Gasteiger partial charge in [-0.05, 0) is 24.0 Å². The van der Waals surface area contributed by atoms with Crippen LogP contribution in [-0.4, -0.2) is 37.9 Å². The first-order valence-corrected chi connectivity index (χ1v) is 8.26. The Kier molecular flexibility index (Phi) is 4.74. The molecule has 0 saturated carbocycles. The molecule has 1 aliphatic rings. The van der Waals surface area contributed by atoms with E-state index in [4.69, 9.17) is 0 Å². The van der Waals surface area contributed by atoms with Crippen LogP contribution in [0.15, 0.2) is 36.9 Å². The standard InChI is InChI=1S/C18H22N4O2/c1-13-8-16(14-4-3-7-19-9-14)22(11-13)18(24)6-5-17(23)15-10-20-21(2)12-15/h3-4,7,9-10,12-13,16H,5-6,8,11H2,1-2H3/t13-,16+/m0/s1. The molecule has 6 nitrogen and oxygen atoms in total. The molecule has 1 aliphatic heterocycles. The molecule has 2 aromatic heterocycles. The van der Waals surface area contributed by atoms with E-state index in [9.17, 15) is 9.59 Å². The second kappa shape index (κ2) is 6.95. The third-order valence-corrected chi connectivity index (χ3v) is 4.49. The van der Waals surface area contributed by atoms with Crippen molar-refractivity contribution in [2.45, 2.75) is 32.2 Å². The van der Waals surface area contributed by atoms with Crippen LogP contribution in [0, 0.1) is 5.92 Å². The summed E-state index contributed by atoms with van der Waals surface area (Å²) in [5, 5.41) is 4.00. The number of ketones is 1. The van der Waals surface area contributed by atoms with Gasteiger partial charge >= 0.3 is 0 Å². The fourth-order valence-corrected chi connectivity index (χ4v) is 3.28. The van der Waals surface area contributed by atoms with Gasteiger partial charge in [0.05, 0.1) is 17.8 Å². The Hall–Kier alpha value is -2.50. The fourth-order valence-electron chi connectivity index (χ4n) is 3.28. The lowest BCUT2D eigenvalue weighted by molar-refractivity contribution is -0.132. The van der Waals surface area contributed by atoms with Gasteiger partial charge in [0.1, 0.15) is 0 Å². The molecule has 2 aromatic rings. The number of rotatable bonds is 5. The monoisotopic (exact) mass is 326 g/mol. The summed E-state index contributed by atoms with van der Waals surface area (Å²) in [6.07, 6.45) is 8.18. The first-order valence-electron chi connectivity index (χ1n) is 8.26. The van der Waals surface area contributed by atoms with Crippen LogP contribution in [-0.2, 0) is 11.8 Å². The summed E-state index contributed by atoms with van der Waals surface area (Å²) in [6.45, 7) is 2.89. The van der Waals surface area contributed by atoms with Crippen molar-refractivity contribution in [1.29, 1.82) is 0 Å². The van der Waals surface area contributed by atoms with Crippen molar-refractivity contribution >= 4 is 11.7 Å². The predicted octanol–water partition coefficient (Wildman–Crippen LogP) is 2.39. The minimum atomic E-state index is -0.0402. The largest absolute Gasteiger partial charge is 0.335 e. The van der Waals surface area contributed by atoms with Crippen molar-refractivity contribution in [2.24, 2.45) is 13.0 Å². The first kappa shape index (κ1) is 16.4. The first-order chi connectivity index (χ1) is 11.5. The third kappa shape index (κ3) is 3.53. The summed E-state index contributed by atoms with van der Waals surface area (Å²) in [7, 11) is 1.77. The molecule has 24 heavy (non-hydrogen) atoms. The van der Waals surface area contributed by atoms with E-state index in [-0.39, 0.29) is 30.6 Å². The van der Waals surface area contributed by atoms with Gasteiger partial charge in [-0.3, -0.25) is 19.3 Å². The Morgan fingerprint density at radius 2 is 2.12 bits per heavy atom. The maximum absolute atomic E-state index is 12.6. The number of hydrogen-bond donors (Lipinski definition) is 0. The molecule has 0 N–H and O–H groups in total. The molecule has 2 atom stereocenters. The minimum absolute atomic E-state index is 0.0328. The van der Waals surface area contributed by atoms with Crippen molar-refractivity contribution in [3.05, 3.63) is 48.0 Å². The molecular weight excluding hydrogens is 304 g/mol. The highest BCUT2D eigenvalue weighted by molar-refractivity contribution is 5.97. The molecule has 1 saturated heterocycles. The number of likely N-dealkylation sites (tertiary alicyclic amines) is 1. The van der Waals surface area contributed by atoms with E-state index in [1.54, 1.807) is 30.3 Å². The van der Waals surface area contributed by atoms with E-state index in [2.05, 4.69) is 17.0 Å². The summed E-state index contributed by atoms with van der Waals surface area (Å²) >= 11 is 0. The fraction of sp³-hybridized carbons (Fsp3) is 0.444. The van der Waals surface area contributed by atoms with Crippen molar-refractivity contribution in [2.75, 3.05) is 6.54 Å². The zero-order chi connectivity index (χ0) is 17.1. The second-order valence-corrected chi connectivity index (χ2v) is 6.51. The van der Waals surface area contributed by atoms with Gasteiger partial charge in [0.25, 0.3) is 0 Å². The SMILES string of the molecule is C[C@H]1C[C@H](c2cccnc2)N(C(=O)CCC(=O)c2cnn(C)c2)C1. The zero-order valence-electron chi connectivity index (χ0n) is 14.1. The van der Waals surface area contributed by atoms with Crippen molar-refractivity contribution in [3.63, 3.8) is 0 Å². The van der Waals surface area contributed by atoms with E-state index in [0.717, 1.165) is 18.5 Å². The number of hydrogen-bond acceptors (Lipinski definition) is 4. The molecule has 1 fully saturated rings. The van der Waals surface area contributed by atoms with Crippen molar-refractivity contribution in [1.82, 2.24) is 19.7 Å². The summed E-state index contributed by atoms with van der Waals surface area (Å²) in [5.41, 5.74) is 1.62. The lowest BCUT2D eigenvalue weighted by Gasteiger charge is -2.24. The summed E-state index contributed by atoms with van der Waals surface area (Å²) < 4.78 is 1.59. The smallest absolute Gasteiger partial charge is 0.223 e. The van der Waals surface area contributed by atoms with Gasteiger partial charge in [-0.25, -0.2) is 0 Å². The summed E-state index contributed by atoms with van der Waals surface area (Å²) in [6, 6.07) is 3.97. The maximum atomic E-state index is 12.6. The normalized spacial score (nSPS) is 20.3. The number of carbonyl (C=O) groups excluding carboxylic acids is 2. The highest BCUT2D eigenvalue weighted by atomic mass is 16.2. The quantitative estimate of drug-likeness (QED) is 0.791. The highest BCUT2D eigenvalue weighted by Gasteiger charge is 2.34. The number of carbonyl (C=O) groups is 2. The molecule has 1 amide bonds. The molecule has 0 radical (unpaired) electrons. The molecule has 0 unspecified atom stereocenters. The van der Waals surface area contributed by atoms with Crippen molar-refractivity contribution in [3.8, 4) is 0 Å². The number of nitrogens with zero attached hydrogens (tertiary/aromatic N) is 4. The average molecular weight is 326 g/mol. The van der Waals surface area contributed by atoms with Gasteiger partial charge < -0.3 is 4.90 Å². The zero-order valence-corrected chi connectivity index (χ0v) is 14.1. The molecule has 3 rings (SSSR count). The Labute approximate surface area is 141 Å². The van der Waals surface area contributed by atoms with Crippen LogP contribution in [0.25, 0.3) is 0 Å². The van der Waals surface area contributed by atoms with E-state index in [0.29, 0.717) is 11.5 Å². The number of pyridine rings is 1. The van der Waals surface area contributed by atoms with Crippen LogP contribution in [0.2, 0.25) is 0 Å².